The van der Waals surface area contributed by atoms with Gasteiger partial charge < -0.3 is 5.32 Å². The second-order valence-electron chi connectivity index (χ2n) is 7.37. The summed E-state index contributed by atoms with van der Waals surface area (Å²) in [5.74, 6) is 0.376. The minimum absolute atomic E-state index is 0.117. The Bertz CT molecular complexity index is 1140. The van der Waals surface area contributed by atoms with Crippen LogP contribution >= 0.6 is 0 Å². The first-order valence-electron chi connectivity index (χ1n) is 9.80. The van der Waals surface area contributed by atoms with E-state index in [9.17, 15) is 4.79 Å². The maximum Gasteiger partial charge on any atom is 0.252 e. The van der Waals surface area contributed by atoms with Crippen LogP contribution in [-0.2, 0) is 6.54 Å². The van der Waals surface area contributed by atoms with Crippen LogP contribution in [0.1, 0.15) is 41.3 Å². The Morgan fingerprint density at radius 1 is 0.931 bits per heavy atom. The number of fused-ring (bicyclic) bond motifs is 1. The van der Waals surface area contributed by atoms with E-state index in [0.29, 0.717) is 23.7 Å². The minimum Gasteiger partial charge on any atom is -0.348 e. The Hall–Kier alpha value is -3.53. The standard InChI is InChI=1S/C25H23N3O/c1-17(2)19-12-10-18(11-13-19)16-27-25(29)21-15-24(23-9-5-6-14-26-23)28-22-8-4-3-7-20(21)22/h3-15,17H,16H2,1-2H3,(H,27,29). The smallest absolute Gasteiger partial charge is 0.252 e. The van der Waals surface area contributed by atoms with Gasteiger partial charge in [0.1, 0.15) is 0 Å². The molecule has 2 aromatic carbocycles. The average Bonchev–Trinajstić information content (AvgIpc) is 2.77. The number of para-hydroxylation sites is 1. The Morgan fingerprint density at radius 2 is 1.69 bits per heavy atom. The number of amides is 1. The van der Waals surface area contributed by atoms with Crippen molar-refractivity contribution in [1.82, 2.24) is 15.3 Å². The van der Waals surface area contributed by atoms with Gasteiger partial charge in [0.15, 0.2) is 0 Å². The number of benzene rings is 2. The number of aromatic nitrogens is 2. The summed E-state index contributed by atoms with van der Waals surface area (Å²) in [7, 11) is 0. The number of nitrogens with one attached hydrogen (secondary N) is 1. The number of pyridine rings is 2. The quantitative estimate of drug-likeness (QED) is 0.507. The predicted molar refractivity (Wildman–Crippen MR) is 117 cm³/mol. The molecule has 0 spiro atoms. The Kier molecular flexibility index (Phi) is 5.34. The van der Waals surface area contributed by atoms with E-state index in [1.807, 2.05) is 48.5 Å². The number of nitrogens with zero attached hydrogens (tertiary/aromatic N) is 2. The van der Waals surface area contributed by atoms with Crippen LogP contribution in [0.3, 0.4) is 0 Å². The molecule has 0 radical (unpaired) electrons. The highest BCUT2D eigenvalue weighted by Crippen LogP contribution is 2.24. The van der Waals surface area contributed by atoms with Gasteiger partial charge >= 0.3 is 0 Å². The lowest BCUT2D eigenvalue weighted by atomic mass is 10.0. The summed E-state index contributed by atoms with van der Waals surface area (Å²) >= 11 is 0. The molecule has 0 saturated carbocycles. The maximum atomic E-state index is 13.0. The van der Waals surface area contributed by atoms with E-state index < -0.39 is 0 Å². The van der Waals surface area contributed by atoms with Gasteiger partial charge in [-0.1, -0.05) is 62.4 Å². The van der Waals surface area contributed by atoms with Gasteiger partial charge in [-0.25, -0.2) is 4.98 Å². The lowest BCUT2D eigenvalue weighted by Crippen LogP contribution is -2.23. The third kappa shape index (κ3) is 4.16. The summed E-state index contributed by atoms with van der Waals surface area (Å²) in [4.78, 5) is 22.1. The summed E-state index contributed by atoms with van der Waals surface area (Å²) in [6.45, 7) is 4.82. The molecule has 0 aliphatic rings. The second-order valence-corrected chi connectivity index (χ2v) is 7.37. The molecule has 0 saturated heterocycles. The topological polar surface area (TPSA) is 54.9 Å². The molecule has 0 aliphatic carbocycles. The fourth-order valence-electron chi connectivity index (χ4n) is 3.31. The molecular formula is C25H23N3O. The maximum absolute atomic E-state index is 13.0. The van der Waals surface area contributed by atoms with Crippen molar-refractivity contribution in [2.24, 2.45) is 0 Å². The summed E-state index contributed by atoms with van der Waals surface area (Å²) in [5, 5.41) is 3.88. The van der Waals surface area contributed by atoms with Gasteiger partial charge in [0.05, 0.1) is 22.5 Å². The Balaban J connectivity index is 1.62. The zero-order valence-electron chi connectivity index (χ0n) is 16.6. The zero-order chi connectivity index (χ0) is 20.2. The number of carbonyl (C=O) groups is 1. The van der Waals surface area contributed by atoms with E-state index >= 15 is 0 Å². The molecule has 0 bridgehead atoms. The lowest BCUT2D eigenvalue weighted by molar-refractivity contribution is 0.0952. The predicted octanol–water partition coefficient (Wildman–Crippen LogP) is 5.35. The van der Waals surface area contributed by atoms with E-state index in [4.69, 9.17) is 4.98 Å². The van der Waals surface area contributed by atoms with E-state index in [2.05, 4.69) is 48.4 Å². The van der Waals surface area contributed by atoms with Crippen LogP contribution in [0.2, 0.25) is 0 Å². The van der Waals surface area contributed by atoms with Crippen molar-refractivity contribution in [3.63, 3.8) is 0 Å². The van der Waals surface area contributed by atoms with Gasteiger partial charge in [0, 0.05) is 18.1 Å². The van der Waals surface area contributed by atoms with E-state index in [1.165, 1.54) is 5.56 Å². The summed E-state index contributed by atoms with van der Waals surface area (Å²) in [6, 6.07) is 23.6. The third-order valence-corrected chi connectivity index (χ3v) is 4.99. The molecular weight excluding hydrogens is 358 g/mol. The molecule has 4 aromatic rings. The monoisotopic (exact) mass is 381 g/mol. The molecule has 29 heavy (non-hydrogen) atoms. The number of carbonyl (C=O) groups excluding carboxylic acids is 1. The number of hydrogen-bond donors (Lipinski definition) is 1. The van der Waals surface area contributed by atoms with Crippen molar-refractivity contribution in [2.75, 3.05) is 0 Å². The first-order chi connectivity index (χ1) is 14.1. The third-order valence-electron chi connectivity index (χ3n) is 4.99. The first-order valence-corrected chi connectivity index (χ1v) is 9.80. The fraction of sp³-hybridized carbons (Fsp3) is 0.160. The largest absolute Gasteiger partial charge is 0.348 e. The van der Waals surface area contributed by atoms with E-state index in [1.54, 1.807) is 6.20 Å². The Morgan fingerprint density at radius 3 is 2.41 bits per heavy atom. The number of rotatable bonds is 5. The molecule has 0 aliphatic heterocycles. The van der Waals surface area contributed by atoms with Gasteiger partial charge in [0.2, 0.25) is 0 Å². The van der Waals surface area contributed by atoms with Crippen LogP contribution in [0, 0.1) is 0 Å². The summed E-state index contributed by atoms with van der Waals surface area (Å²) in [5.41, 5.74) is 5.19. The highest BCUT2D eigenvalue weighted by Gasteiger charge is 2.14. The van der Waals surface area contributed by atoms with Crippen molar-refractivity contribution in [1.29, 1.82) is 0 Å². The van der Waals surface area contributed by atoms with Crippen molar-refractivity contribution >= 4 is 16.8 Å². The lowest BCUT2D eigenvalue weighted by Gasteiger charge is -2.11. The highest BCUT2D eigenvalue weighted by molar-refractivity contribution is 6.07. The van der Waals surface area contributed by atoms with Crippen LogP contribution in [0.25, 0.3) is 22.3 Å². The fourth-order valence-corrected chi connectivity index (χ4v) is 3.31. The number of hydrogen-bond acceptors (Lipinski definition) is 3. The molecule has 4 nitrogen and oxygen atoms in total. The minimum atomic E-state index is -0.117. The molecule has 4 heteroatoms. The molecule has 0 fully saturated rings. The van der Waals surface area contributed by atoms with Crippen molar-refractivity contribution in [3.05, 3.63) is 95.7 Å². The first kappa shape index (κ1) is 18.8. The summed E-state index contributed by atoms with van der Waals surface area (Å²) in [6.07, 6.45) is 1.73. The van der Waals surface area contributed by atoms with Crippen LogP contribution in [0.5, 0.6) is 0 Å². The zero-order valence-corrected chi connectivity index (χ0v) is 16.6. The SMILES string of the molecule is CC(C)c1ccc(CNC(=O)c2cc(-c3ccccn3)nc3ccccc23)cc1. The van der Waals surface area contributed by atoms with Crippen LogP contribution in [0.15, 0.2) is 79.0 Å². The van der Waals surface area contributed by atoms with Crippen LogP contribution < -0.4 is 5.32 Å². The molecule has 1 amide bonds. The molecule has 144 valence electrons. The van der Waals surface area contributed by atoms with E-state index in [-0.39, 0.29) is 5.91 Å². The van der Waals surface area contributed by atoms with Gasteiger partial charge in [-0.2, -0.15) is 0 Å². The van der Waals surface area contributed by atoms with Crippen LogP contribution in [0.4, 0.5) is 0 Å². The van der Waals surface area contributed by atoms with Crippen molar-refractivity contribution < 1.29 is 4.79 Å². The Labute approximate surface area is 170 Å². The van der Waals surface area contributed by atoms with Gasteiger partial charge in [0.25, 0.3) is 5.91 Å². The second kappa shape index (κ2) is 8.23. The molecule has 4 rings (SSSR count). The van der Waals surface area contributed by atoms with E-state index in [0.717, 1.165) is 22.2 Å². The van der Waals surface area contributed by atoms with Crippen molar-refractivity contribution in [2.45, 2.75) is 26.3 Å². The molecule has 2 aromatic heterocycles. The highest BCUT2D eigenvalue weighted by atomic mass is 16.1. The normalized spacial score (nSPS) is 11.0. The van der Waals surface area contributed by atoms with Gasteiger partial charge in [-0.3, -0.25) is 9.78 Å². The molecule has 1 N–H and O–H groups in total. The van der Waals surface area contributed by atoms with Gasteiger partial charge in [-0.15, -0.1) is 0 Å². The molecule has 0 atom stereocenters. The molecule has 2 heterocycles. The average molecular weight is 381 g/mol. The molecule has 0 unspecified atom stereocenters. The van der Waals surface area contributed by atoms with Gasteiger partial charge in [-0.05, 0) is 41.3 Å². The summed E-state index contributed by atoms with van der Waals surface area (Å²) < 4.78 is 0. The van der Waals surface area contributed by atoms with Crippen molar-refractivity contribution in [3.8, 4) is 11.4 Å². The van der Waals surface area contributed by atoms with Crippen LogP contribution in [-0.4, -0.2) is 15.9 Å².